The van der Waals surface area contributed by atoms with Gasteiger partial charge in [-0.2, -0.15) is 9.29 Å². The number of hydrogen-bond acceptors (Lipinski definition) is 7. The van der Waals surface area contributed by atoms with Crippen molar-refractivity contribution in [3.8, 4) is 23.0 Å². The maximum absolute atomic E-state index is 13.1. The zero-order valence-corrected chi connectivity index (χ0v) is 18.6. The van der Waals surface area contributed by atoms with E-state index in [1.54, 1.807) is 6.07 Å². The van der Waals surface area contributed by atoms with Crippen molar-refractivity contribution in [1.29, 1.82) is 0 Å². The molecule has 1 fully saturated rings. The van der Waals surface area contributed by atoms with Gasteiger partial charge in [-0.15, -0.1) is 0 Å². The molecule has 0 unspecified atom stereocenters. The molecule has 31 heavy (non-hydrogen) atoms. The third kappa shape index (κ3) is 4.15. The predicted octanol–water partition coefficient (Wildman–Crippen LogP) is 3.63. The quantitative estimate of drug-likeness (QED) is 0.574. The van der Waals surface area contributed by atoms with E-state index in [4.69, 9.17) is 14.0 Å². The summed E-state index contributed by atoms with van der Waals surface area (Å²) in [4.78, 5) is 4.76. The minimum Gasteiger partial charge on any atom is -0.493 e. The van der Waals surface area contributed by atoms with E-state index < -0.39 is 10.0 Å². The van der Waals surface area contributed by atoms with Crippen molar-refractivity contribution < 1.29 is 22.4 Å². The molecule has 4 rings (SSSR count). The van der Waals surface area contributed by atoms with Gasteiger partial charge in [0.2, 0.25) is 10.0 Å². The average Bonchev–Trinajstić information content (AvgIpc) is 3.29. The number of nitrogens with zero attached hydrogens (tertiary/aromatic N) is 3. The molecule has 2 heterocycles. The number of sulfonamides is 1. The fourth-order valence-electron chi connectivity index (χ4n) is 3.80. The second kappa shape index (κ2) is 8.68. The molecule has 1 aromatic heterocycles. The molecule has 0 spiro atoms. The first kappa shape index (κ1) is 21.3. The highest BCUT2D eigenvalue weighted by atomic mass is 32.2. The van der Waals surface area contributed by atoms with Gasteiger partial charge < -0.3 is 14.0 Å². The van der Waals surface area contributed by atoms with Gasteiger partial charge in [0.1, 0.15) is 0 Å². The highest BCUT2D eigenvalue weighted by molar-refractivity contribution is 7.89. The number of aromatic nitrogens is 2. The minimum atomic E-state index is -3.64. The first-order valence-electron chi connectivity index (χ1n) is 10.1. The van der Waals surface area contributed by atoms with Gasteiger partial charge >= 0.3 is 0 Å². The van der Waals surface area contributed by atoms with Crippen molar-refractivity contribution in [2.24, 2.45) is 0 Å². The Bertz CT molecular complexity index is 1170. The Morgan fingerprint density at radius 3 is 2.42 bits per heavy atom. The van der Waals surface area contributed by atoms with Crippen LogP contribution < -0.4 is 9.47 Å². The van der Waals surface area contributed by atoms with Crippen LogP contribution in [-0.4, -0.2) is 50.2 Å². The third-order valence-electron chi connectivity index (χ3n) is 5.63. The summed E-state index contributed by atoms with van der Waals surface area (Å²) < 4.78 is 43.6. The van der Waals surface area contributed by atoms with Crippen LogP contribution in [0.4, 0.5) is 0 Å². The van der Waals surface area contributed by atoms with Crippen LogP contribution in [0.3, 0.4) is 0 Å². The average molecular weight is 444 g/mol. The maximum Gasteiger partial charge on any atom is 0.258 e. The summed E-state index contributed by atoms with van der Waals surface area (Å²) in [6.07, 6.45) is 1.25. The van der Waals surface area contributed by atoms with Crippen LogP contribution in [-0.2, 0) is 10.0 Å². The summed E-state index contributed by atoms with van der Waals surface area (Å²) in [6, 6.07) is 12.5. The van der Waals surface area contributed by atoms with Crippen LogP contribution in [0, 0.1) is 6.92 Å². The molecule has 1 aliphatic rings. The Hall–Kier alpha value is -2.91. The van der Waals surface area contributed by atoms with Crippen LogP contribution in [0.2, 0.25) is 0 Å². The number of ether oxygens (including phenoxy) is 2. The second-order valence-corrected chi connectivity index (χ2v) is 9.41. The summed E-state index contributed by atoms with van der Waals surface area (Å²) in [5.74, 6) is 2.05. The van der Waals surface area contributed by atoms with E-state index in [1.165, 1.54) is 30.7 Å². The zero-order chi connectivity index (χ0) is 22.0. The molecule has 0 atom stereocenters. The van der Waals surface area contributed by atoms with Crippen molar-refractivity contribution in [1.82, 2.24) is 14.4 Å². The maximum atomic E-state index is 13.1. The van der Waals surface area contributed by atoms with Gasteiger partial charge in [0.05, 0.1) is 19.1 Å². The fourth-order valence-corrected chi connectivity index (χ4v) is 5.29. The Morgan fingerprint density at radius 2 is 1.74 bits per heavy atom. The van der Waals surface area contributed by atoms with Crippen molar-refractivity contribution >= 4 is 10.0 Å². The molecule has 0 bridgehead atoms. The van der Waals surface area contributed by atoms with Crippen molar-refractivity contribution in [3.05, 3.63) is 53.9 Å². The number of benzene rings is 2. The molecule has 1 saturated heterocycles. The van der Waals surface area contributed by atoms with E-state index in [-0.39, 0.29) is 10.8 Å². The minimum absolute atomic E-state index is 0.0540. The smallest absolute Gasteiger partial charge is 0.258 e. The van der Waals surface area contributed by atoms with E-state index in [2.05, 4.69) is 10.1 Å². The first-order chi connectivity index (χ1) is 14.9. The van der Waals surface area contributed by atoms with E-state index >= 15 is 0 Å². The lowest BCUT2D eigenvalue weighted by Crippen LogP contribution is -2.38. The molecule has 0 aliphatic carbocycles. The first-order valence-corrected chi connectivity index (χ1v) is 11.5. The van der Waals surface area contributed by atoms with Crippen LogP contribution in [0.1, 0.15) is 30.1 Å². The molecule has 9 heteroatoms. The van der Waals surface area contributed by atoms with E-state index in [9.17, 15) is 8.42 Å². The van der Waals surface area contributed by atoms with Crippen LogP contribution >= 0.6 is 0 Å². The third-order valence-corrected chi connectivity index (χ3v) is 7.52. The highest BCUT2D eigenvalue weighted by Crippen LogP contribution is 2.34. The van der Waals surface area contributed by atoms with E-state index in [1.807, 2.05) is 31.2 Å². The van der Waals surface area contributed by atoms with E-state index in [0.29, 0.717) is 49.1 Å². The molecule has 1 aliphatic heterocycles. The number of aryl methyl sites for hydroxylation is 1. The Morgan fingerprint density at radius 1 is 1.03 bits per heavy atom. The van der Waals surface area contributed by atoms with Crippen molar-refractivity contribution in [2.45, 2.75) is 30.6 Å². The van der Waals surface area contributed by atoms with Gasteiger partial charge in [-0.1, -0.05) is 23.4 Å². The topological polar surface area (TPSA) is 94.8 Å². The molecule has 0 saturated carbocycles. The van der Waals surface area contributed by atoms with Gasteiger partial charge in [-0.25, -0.2) is 8.42 Å². The SMILES string of the molecule is COc1ccc(S(=O)(=O)N2CCC(c3noc(-c4ccccc4C)n3)CC2)cc1OC. The summed E-state index contributed by atoms with van der Waals surface area (Å²) in [5.41, 5.74) is 1.98. The molecular formula is C22H25N3O5S. The molecule has 3 aromatic rings. The molecule has 0 N–H and O–H groups in total. The number of piperidine rings is 1. The molecule has 8 nitrogen and oxygen atoms in total. The molecule has 0 radical (unpaired) electrons. The number of rotatable bonds is 6. The Kier molecular flexibility index (Phi) is 5.97. The van der Waals surface area contributed by atoms with Gasteiger partial charge in [0.25, 0.3) is 5.89 Å². The number of methoxy groups -OCH3 is 2. The van der Waals surface area contributed by atoms with Crippen LogP contribution in [0.15, 0.2) is 51.9 Å². The molecular weight excluding hydrogens is 418 g/mol. The van der Waals surface area contributed by atoms with E-state index in [0.717, 1.165) is 11.1 Å². The molecule has 0 amide bonds. The van der Waals surface area contributed by atoms with Gasteiger partial charge in [-0.05, 0) is 43.5 Å². The zero-order valence-electron chi connectivity index (χ0n) is 17.7. The fraction of sp³-hybridized carbons (Fsp3) is 0.364. The monoisotopic (exact) mass is 443 g/mol. The van der Waals surface area contributed by atoms with Crippen LogP contribution in [0.25, 0.3) is 11.5 Å². The second-order valence-electron chi connectivity index (χ2n) is 7.47. The van der Waals surface area contributed by atoms with Gasteiger partial charge in [0.15, 0.2) is 17.3 Å². The predicted molar refractivity (Wildman–Crippen MR) is 115 cm³/mol. The molecule has 2 aromatic carbocycles. The summed E-state index contributed by atoms with van der Waals surface area (Å²) in [6.45, 7) is 2.77. The Labute approximate surface area is 181 Å². The lowest BCUT2D eigenvalue weighted by Gasteiger charge is -2.29. The largest absolute Gasteiger partial charge is 0.493 e. The van der Waals surface area contributed by atoms with Crippen molar-refractivity contribution in [2.75, 3.05) is 27.3 Å². The lowest BCUT2D eigenvalue weighted by atomic mass is 9.97. The Balaban J connectivity index is 1.47. The summed E-state index contributed by atoms with van der Waals surface area (Å²) in [5, 5.41) is 4.16. The lowest BCUT2D eigenvalue weighted by molar-refractivity contribution is 0.306. The normalized spacial score (nSPS) is 15.7. The molecule has 164 valence electrons. The van der Waals surface area contributed by atoms with Crippen molar-refractivity contribution in [3.63, 3.8) is 0 Å². The van der Waals surface area contributed by atoms with Gasteiger partial charge in [-0.3, -0.25) is 0 Å². The number of hydrogen-bond donors (Lipinski definition) is 0. The highest BCUT2D eigenvalue weighted by Gasteiger charge is 2.32. The standard InChI is InChI=1S/C22H25N3O5S/c1-15-6-4-5-7-18(15)22-23-21(24-30-22)16-10-12-25(13-11-16)31(26,27)17-8-9-19(28-2)20(14-17)29-3/h4-9,14,16H,10-13H2,1-3H3. The van der Waals surface area contributed by atoms with Gasteiger partial charge in [0, 0.05) is 30.6 Å². The van der Waals surface area contributed by atoms with Crippen LogP contribution in [0.5, 0.6) is 11.5 Å². The summed E-state index contributed by atoms with van der Waals surface area (Å²) in [7, 11) is -0.640. The summed E-state index contributed by atoms with van der Waals surface area (Å²) >= 11 is 0.